The predicted octanol–water partition coefficient (Wildman–Crippen LogP) is 3.64. The van der Waals surface area contributed by atoms with E-state index in [1.807, 2.05) is 36.5 Å². The molecule has 36 heavy (non-hydrogen) atoms. The van der Waals surface area contributed by atoms with Gasteiger partial charge in [-0.3, -0.25) is 9.36 Å². The minimum atomic E-state index is -5.19. The molecule has 0 unspecified atom stereocenters. The topological polar surface area (TPSA) is 100 Å². The summed E-state index contributed by atoms with van der Waals surface area (Å²) in [6, 6.07) is 19.4. The molecule has 0 amide bonds. The average molecular weight is 495 g/mol. The van der Waals surface area contributed by atoms with Gasteiger partial charge < -0.3 is 9.90 Å². The van der Waals surface area contributed by atoms with Gasteiger partial charge in [-0.05, 0) is 47.3 Å². The number of benzene rings is 2. The average Bonchev–Trinajstić information content (AvgIpc) is 2.85. The van der Waals surface area contributed by atoms with Crippen molar-refractivity contribution in [1.29, 1.82) is 5.26 Å². The maximum Gasteiger partial charge on any atom is 0.430 e. The number of hydrogen-bond donors (Lipinski definition) is 0. The molecule has 0 saturated heterocycles. The summed E-state index contributed by atoms with van der Waals surface area (Å²) in [4.78, 5) is 25.0. The van der Waals surface area contributed by atoms with Crippen molar-refractivity contribution in [3.05, 3.63) is 101 Å². The van der Waals surface area contributed by atoms with Crippen LogP contribution in [0.15, 0.2) is 84.3 Å². The number of allylic oxidation sites excluding steroid dienone is 1. The number of H-pyrrole nitrogens is 1. The number of carboxylic acids is 1. The number of nitrogens with one attached hydrogen (secondary N) is 1. The van der Waals surface area contributed by atoms with Crippen LogP contribution in [0.2, 0.25) is 0 Å². The van der Waals surface area contributed by atoms with E-state index >= 15 is 0 Å². The molecule has 0 spiro atoms. The van der Waals surface area contributed by atoms with Gasteiger partial charge in [-0.2, -0.15) is 18.4 Å². The van der Waals surface area contributed by atoms with Gasteiger partial charge in [-0.1, -0.05) is 18.2 Å². The molecule has 4 rings (SSSR count). The Balaban J connectivity index is 0.000000454. The fourth-order valence-corrected chi connectivity index (χ4v) is 3.54. The lowest BCUT2D eigenvalue weighted by Gasteiger charge is -2.15. The summed E-state index contributed by atoms with van der Waals surface area (Å²) < 4.78 is 46.9. The van der Waals surface area contributed by atoms with Gasteiger partial charge >= 0.3 is 6.18 Å². The highest BCUT2D eigenvalue weighted by molar-refractivity contribution is 6.00. The zero-order chi connectivity index (χ0) is 26.5. The van der Waals surface area contributed by atoms with Crippen molar-refractivity contribution in [3.63, 3.8) is 0 Å². The molecule has 0 saturated carbocycles. The van der Waals surface area contributed by atoms with Crippen LogP contribution in [0.5, 0.6) is 0 Å². The summed E-state index contributed by atoms with van der Waals surface area (Å²) in [5.74, 6) is -3.42. The molecule has 0 aliphatic rings. The number of halogens is 4. The van der Waals surface area contributed by atoms with Crippen LogP contribution in [0.1, 0.15) is 5.69 Å². The van der Waals surface area contributed by atoms with Crippen molar-refractivity contribution in [2.24, 2.45) is 0 Å². The number of rotatable bonds is 4. The van der Waals surface area contributed by atoms with Crippen LogP contribution in [-0.2, 0) is 11.3 Å². The Bertz CT molecular complexity index is 1540. The van der Waals surface area contributed by atoms with E-state index in [1.165, 1.54) is 16.7 Å². The second-order valence-electron chi connectivity index (χ2n) is 7.37. The van der Waals surface area contributed by atoms with E-state index in [-0.39, 0.29) is 17.8 Å². The first kappa shape index (κ1) is 25.8. The molecule has 0 radical (unpaired) electrons. The maximum absolute atomic E-state index is 14.0. The van der Waals surface area contributed by atoms with Gasteiger partial charge in [0.1, 0.15) is 23.5 Å². The van der Waals surface area contributed by atoms with Crippen LogP contribution in [-0.4, -0.2) is 16.7 Å². The normalized spacial score (nSPS) is 10.8. The molecule has 0 aliphatic heterocycles. The van der Waals surface area contributed by atoms with Crippen molar-refractivity contribution in [3.8, 4) is 28.5 Å². The first-order chi connectivity index (χ1) is 17.1. The van der Waals surface area contributed by atoms with Crippen LogP contribution < -0.4 is 15.6 Å². The molecular formula is C26H17F4N3O3. The number of aliphatic carboxylic acids is 1. The maximum atomic E-state index is 14.0. The number of aromatic nitrogens is 2. The summed E-state index contributed by atoms with van der Waals surface area (Å²) in [6.07, 6.45) is -1.81. The Morgan fingerprint density at radius 1 is 1.08 bits per heavy atom. The van der Waals surface area contributed by atoms with Gasteiger partial charge in [-0.25, -0.2) is 9.37 Å². The number of alkyl halides is 3. The van der Waals surface area contributed by atoms with Gasteiger partial charge in [-0.15, -0.1) is 6.58 Å². The number of carbonyl (C=O) groups is 1. The molecule has 6 nitrogen and oxygen atoms in total. The number of aromatic amines is 1. The van der Waals surface area contributed by atoms with E-state index in [2.05, 4.69) is 17.6 Å². The smallest absolute Gasteiger partial charge is 0.430 e. The van der Waals surface area contributed by atoms with E-state index in [9.17, 15) is 27.6 Å². The molecule has 2 aromatic heterocycles. The van der Waals surface area contributed by atoms with E-state index in [0.29, 0.717) is 21.9 Å². The third-order valence-electron chi connectivity index (χ3n) is 5.05. The van der Waals surface area contributed by atoms with Crippen molar-refractivity contribution in [1.82, 2.24) is 4.57 Å². The number of pyridine rings is 2. The van der Waals surface area contributed by atoms with E-state index in [1.54, 1.807) is 24.3 Å². The molecule has 10 heteroatoms. The third-order valence-corrected chi connectivity index (χ3v) is 5.05. The highest BCUT2D eigenvalue weighted by Crippen LogP contribution is 2.33. The third kappa shape index (κ3) is 5.47. The van der Waals surface area contributed by atoms with Crippen LogP contribution >= 0.6 is 0 Å². The number of nitriles is 1. The fraction of sp³-hybridized carbons (Fsp3) is 0.0769. The van der Waals surface area contributed by atoms with Crippen LogP contribution in [0.3, 0.4) is 0 Å². The fourth-order valence-electron chi connectivity index (χ4n) is 3.54. The van der Waals surface area contributed by atoms with Gasteiger partial charge in [0, 0.05) is 35.2 Å². The summed E-state index contributed by atoms with van der Waals surface area (Å²) in [5, 5.41) is 19.7. The Morgan fingerprint density at radius 2 is 1.81 bits per heavy atom. The van der Waals surface area contributed by atoms with E-state index < -0.39 is 18.0 Å². The number of carbonyl (C=O) groups excluding carboxylic acids is 1. The molecule has 1 N–H and O–H groups in total. The zero-order valence-corrected chi connectivity index (χ0v) is 18.5. The summed E-state index contributed by atoms with van der Waals surface area (Å²) in [6.45, 7) is 3.88. The SMILES string of the molecule is C=CCn1c(C#N)c(-c2cccc(F)c2)c2cc(-c3cccc[nH+]3)ccc2c1=O.O=C([O-])C(F)(F)F. The first-order valence-corrected chi connectivity index (χ1v) is 10.3. The number of fused-ring (bicyclic) bond motifs is 1. The molecule has 182 valence electrons. The highest BCUT2D eigenvalue weighted by Gasteiger charge is 2.28. The molecule has 2 heterocycles. The molecule has 0 bridgehead atoms. The molecule has 4 aromatic rings. The molecular weight excluding hydrogens is 478 g/mol. The second-order valence-corrected chi connectivity index (χ2v) is 7.37. The Morgan fingerprint density at radius 3 is 2.36 bits per heavy atom. The lowest BCUT2D eigenvalue weighted by molar-refractivity contribution is -0.364. The summed E-state index contributed by atoms with van der Waals surface area (Å²) >= 11 is 0. The molecule has 0 fully saturated rings. The van der Waals surface area contributed by atoms with Gasteiger partial charge in [0.05, 0.1) is 0 Å². The lowest BCUT2D eigenvalue weighted by atomic mass is 9.95. The van der Waals surface area contributed by atoms with Crippen molar-refractivity contribution >= 4 is 16.7 Å². The van der Waals surface area contributed by atoms with E-state index in [0.717, 1.165) is 11.3 Å². The molecule has 0 aliphatic carbocycles. The van der Waals surface area contributed by atoms with Crippen LogP contribution in [0, 0.1) is 17.1 Å². The number of hydrogen-bond acceptors (Lipinski definition) is 4. The predicted molar refractivity (Wildman–Crippen MR) is 122 cm³/mol. The molecule has 2 aromatic carbocycles. The Hall–Kier alpha value is -4.78. The molecule has 0 atom stereocenters. The quantitative estimate of drug-likeness (QED) is 0.319. The van der Waals surface area contributed by atoms with E-state index in [4.69, 9.17) is 9.90 Å². The van der Waals surface area contributed by atoms with Crippen molar-refractivity contribution in [2.75, 3.05) is 0 Å². The van der Waals surface area contributed by atoms with Crippen LogP contribution in [0.4, 0.5) is 17.6 Å². The van der Waals surface area contributed by atoms with Crippen molar-refractivity contribution < 1.29 is 32.4 Å². The Kier molecular flexibility index (Phi) is 7.64. The first-order valence-electron chi connectivity index (χ1n) is 10.3. The minimum absolute atomic E-state index is 0.183. The van der Waals surface area contributed by atoms with Crippen LogP contribution in [0.25, 0.3) is 33.2 Å². The number of carboxylic acid groups (broad SMARTS) is 1. The largest absolute Gasteiger partial charge is 0.542 e. The Labute approximate surface area is 202 Å². The number of nitrogens with zero attached hydrogens (tertiary/aromatic N) is 2. The van der Waals surface area contributed by atoms with Gasteiger partial charge in [0.25, 0.3) is 5.56 Å². The van der Waals surface area contributed by atoms with Crippen molar-refractivity contribution in [2.45, 2.75) is 12.7 Å². The highest BCUT2D eigenvalue weighted by atomic mass is 19.4. The minimum Gasteiger partial charge on any atom is -0.542 e. The second kappa shape index (κ2) is 10.7. The summed E-state index contributed by atoms with van der Waals surface area (Å²) in [5.41, 5.74) is 2.70. The van der Waals surface area contributed by atoms with Gasteiger partial charge in [0.2, 0.25) is 5.69 Å². The van der Waals surface area contributed by atoms with Gasteiger partial charge in [0.15, 0.2) is 6.20 Å². The summed E-state index contributed by atoms with van der Waals surface area (Å²) in [7, 11) is 0. The lowest BCUT2D eigenvalue weighted by Crippen LogP contribution is -2.37. The zero-order valence-electron chi connectivity index (χ0n) is 18.5. The standard InChI is InChI=1S/C24H16FN3O.C2HF3O2/c1-2-12-28-22(15-26)23(17-6-5-7-18(25)13-17)20-14-16(9-10-19(20)24(28)29)21-8-3-4-11-27-21;3-2(4,5)1(6)7/h2-11,13-14H,1,12H2;(H,6,7). The monoisotopic (exact) mass is 495 g/mol.